The molecule has 0 radical (unpaired) electrons. The highest BCUT2D eigenvalue weighted by atomic mass is 16.6. The van der Waals surface area contributed by atoms with Crippen LogP contribution in [0, 0.1) is 0 Å². The van der Waals surface area contributed by atoms with Gasteiger partial charge >= 0.3 is 0 Å². The van der Waals surface area contributed by atoms with E-state index in [1.165, 1.54) is 19.3 Å². The smallest absolute Gasteiger partial charge is 0.154 e. The maximum atomic E-state index is 9.21. The number of unbranched alkanes of at least 4 members (excludes halogenated alkanes) is 2. The van der Waals surface area contributed by atoms with E-state index in [0.29, 0.717) is 6.10 Å². The summed E-state index contributed by atoms with van der Waals surface area (Å²) in [4.78, 5) is 0. The maximum absolute atomic E-state index is 9.21. The van der Waals surface area contributed by atoms with E-state index in [9.17, 15) is 5.11 Å². The highest BCUT2D eigenvalue weighted by Crippen LogP contribution is 2.21. The quantitative estimate of drug-likeness (QED) is 0.660. The molecule has 0 saturated carbocycles. The summed E-state index contributed by atoms with van der Waals surface area (Å²) >= 11 is 0. The molecule has 0 aromatic carbocycles. The Bertz CT molecular complexity index is 114. The van der Waals surface area contributed by atoms with Crippen molar-refractivity contribution in [2.75, 3.05) is 0 Å². The SMILES string of the molecule is CCCCCC1CCCC(O)O1. The molecule has 1 saturated heterocycles. The minimum atomic E-state index is -0.481. The van der Waals surface area contributed by atoms with Crippen molar-refractivity contribution in [1.29, 1.82) is 0 Å². The Morgan fingerprint density at radius 1 is 1.33 bits per heavy atom. The Labute approximate surface area is 74.9 Å². The third-order valence-corrected chi connectivity index (χ3v) is 2.46. The fraction of sp³-hybridized carbons (Fsp3) is 1.00. The van der Waals surface area contributed by atoms with Crippen LogP contribution in [-0.2, 0) is 4.74 Å². The summed E-state index contributed by atoms with van der Waals surface area (Å²) in [5.41, 5.74) is 0. The topological polar surface area (TPSA) is 29.5 Å². The normalized spacial score (nSPS) is 30.5. The maximum Gasteiger partial charge on any atom is 0.154 e. The van der Waals surface area contributed by atoms with Gasteiger partial charge in [-0.3, -0.25) is 0 Å². The third-order valence-electron chi connectivity index (χ3n) is 2.46. The van der Waals surface area contributed by atoms with E-state index in [-0.39, 0.29) is 0 Å². The predicted molar refractivity (Wildman–Crippen MR) is 48.9 cm³/mol. The molecule has 1 aliphatic heterocycles. The van der Waals surface area contributed by atoms with Gasteiger partial charge in [0.15, 0.2) is 6.29 Å². The minimum Gasteiger partial charge on any atom is -0.368 e. The number of aliphatic hydroxyl groups is 1. The second-order valence-electron chi connectivity index (χ2n) is 3.64. The highest BCUT2D eigenvalue weighted by Gasteiger charge is 2.19. The largest absolute Gasteiger partial charge is 0.368 e. The lowest BCUT2D eigenvalue weighted by Gasteiger charge is -2.26. The van der Waals surface area contributed by atoms with Crippen LogP contribution in [0.2, 0.25) is 0 Å². The molecular weight excluding hydrogens is 152 g/mol. The van der Waals surface area contributed by atoms with E-state index in [0.717, 1.165) is 25.7 Å². The number of ether oxygens (including phenoxy) is 1. The molecule has 12 heavy (non-hydrogen) atoms. The molecule has 1 rings (SSSR count). The first-order chi connectivity index (χ1) is 5.83. The van der Waals surface area contributed by atoms with Gasteiger partial charge in [-0.05, 0) is 25.7 Å². The molecule has 0 aromatic rings. The van der Waals surface area contributed by atoms with Crippen LogP contribution in [0.3, 0.4) is 0 Å². The molecule has 0 amide bonds. The molecule has 2 heteroatoms. The number of aliphatic hydroxyl groups excluding tert-OH is 1. The lowest BCUT2D eigenvalue weighted by Crippen LogP contribution is -2.27. The van der Waals surface area contributed by atoms with Crippen LogP contribution in [0.15, 0.2) is 0 Å². The van der Waals surface area contributed by atoms with Gasteiger partial charge in [0.25, 0.3) is 0 Å². The van der Waals surface area contributed by atoms with Crippen molar-refractivity contribution in [3.8, 4) is 0 Å². The van der Waals surface area contributed by atoms with Crippen molar-refractivity contribution in [1.82, 2.24) is 0 Å². The summed E-state index contributed by atoms with van der Waals surface area (Å²) in [5, 5.41) is 9.21. The van der Waals surface area contributed by atoms with Crippen molar-refractivity contribution < 1.29 is 9.84 Å². The summed E-state index contributed by atoms with van der Waals surface area (Å²) in [6.07, 6.45) is 7.86. The van der Waals surface area contributed by atoms with Gasteiger partial charge in [0.1, 0.15) is 0 Å². The van der Waals surface area contributed by atoms with Gasteiger partial charge in [-0.2, -0.15) is 0 Å². The van der Waals surface area contributed by atoms with E-state index in [2.05, 4.69) is 6.92 Å². The van der Waals surface area contributed by atoms with E-state index < -0.39 is 6.29 Å². The van der Waals surface area contributed by atoms with Crippen LogP contribution in [0.5, 0.6) is 0 Å². The summed E-state index contributed by atoms with van der Waals surface area (Å²) < 4.78 is 5.39. The standard InChI is InChI=1S/C10H20O2/c1-2-3-4-6-9-7-5-8-10(11)12-9/h9-11H,2-8H2,1H3. The molecule has 1 N–H and O–H groups in total. The average Bonchev–Trinajstić information content (AvgIpc) is 2.05. The van der Waals surface area contributed by atoms with E-state index >= 15 is 0 Å². The Hall–Kier alpha value is -0.0800. The first kappa shape index (κ1) is 10.0. The summed E-state index contributed by atoms with van der Waals surface area (Å²) in [6, 6.07) is 0. The molecule has 2 nitrogen and oxygen atoms in total. The molecule has 72 valence electrons. The molecule has 1 heterocycles. The fourth-order valence-electron chi connectivity index (χ4n) is 1.71. The molecular formula is C10H20O2. The molecule has 1 fully saturated rings. The second kappa shape index (κ2) is 5.55. The second-order valence-corrected chi connectivity index (χ2v) is 3.64. The minimum absolute atomic E-state index is 0.334. The molecule has 2 atom stereocenters. The Morgan fingerprint density at radius 3 is 2.83 bits per heavy atom. The number of rotatable bonds is 4. The van der Waals surface area contributed by atoms with Crippen LogP contribution in [0.4, 0.5) is 0 Å². The molecule has 0 bridgehead atoms. The number of hydrogen-bond donors (Lipinski definition) is 1. The Balaban J connectivity index is 2.06. The van der Waals surface area contributed by atoms with Crippen LogP contribution < -0.4 is 0 Å². The van der Waals surface area contributed by atoms with Crippen molar-refractivity contribution in [3.05, 3.63) is 0 Å². The van der Waals surface area contributed by atoms with Crippen molar-refractivity contribution in [2.45, 2.75) is 64.3 Å². The zero-order valence-corrected chi connectivity index (χ0v) is 7.96. The van der Waals surface area contributed by atoms with E-state index in [4.69, 9.17) is 4.74 Å². The monoisotopic (exact) mass is 172 g/mol. The summed E-state index contributed by atoms with van der Waals surface area (Å²) in [6.45, 7) is 2.20. The van der Waals surface area contributed by atoms with Crippen LogP contribution in [-0.4, -0.2) is 17.5 Å². The molecule has 0 aromatic heterocycles. The van der Waals surface area contributed by atoms with Gasteiger partial charge in [0.05, 0.1) is 6.10 Å². The fourth-order valence-corrected chi connectivity index (χ4v) is 1.71. The average molecular weight is 172 g/mol. The van der Waals surface area contributed by atoms with Gasteiger partial charge in [-0.25, -0.2) is 0 Å². The van der Waals surface area contributed by atoms with Crippen LogP contribution in [0.25, 0.3) is 0 Å². The Morgan fingerprint density at radius 2 is 2.17 bits per heavy atom. The zero-order valence-electron chi connectivity index (χ0n) is 7.96. The lowest BCUT2D eigenvalue weighted by atomic mass is 10.0. The molecule has 2 unspecified atom stereocenters. The predicted octanol–water partition coefficient (Wildman–Crippen LogP) is 2.45. The van der Waals surface area contributed by atoms with Gasteiger partial charge in [-0.15, -0.1) is 0 Å². The van der Waals surface area contributed by atoms with Gasteiger partial charge in [-0.1, -0.05) is 26.2 Å². The summed E-state index contributed by atoms with van der Waals surface area (Å²) in [5.74, 6) is 0. The van der Waals surface area contributed by atoms with Crippen LogP contribution >= 0.6 is 0 Å². The van der Waals surface area contributed by atoms with Crippen molar-refractivity contribution in [3.63, 3.8) is 0 Å². The summed E-state index contributed by atoms with van der Waals surface area (Å²) in [7, 11) is 0. The third kappa shape index (κ3) is 3.55. The molecule has 1 aliphatic rings. The first-order valence-electron chi connectivity index (χ1n) is 5.16. The van der Waals surface area contributed by atoms with Crippen LogP contribution in [0.1, 0.15) is 51.9 Å². The van der Waals surface area contributed by atoms with E-state index in [1.54, 1.807) is 0 Å². The van der Waals surface area contributed by atoms with Gasteiger partial charge in [0, 0.05) is 0 Å². The van der Waals surface area contributed by atoms with Gasteiger partial charge in [0.2, 0.25) is 0 Å². The first-order valence-corrected chi connectivity index (χ1v) is 5.16. The van der Waals surface area contributed by atoms with E-state index in [1.807, 2.05) is 0 Å². The highest BCUT2D eigenvalue weighted by molar-refractivity contribution is 4.65. The van der Waals surface area contributed by atoms with Crippen molar-refractivity contribution in [2.24, 2.45) is 0 Å². The molecule has 0 aliphatic carbocycles. The zero-order chi connectivity index (χ0) is 8.81. The van der Waals surface area contributed by atoms with Gasteiger partial charge < -0.3 is 9.84 Å². The lowest BCUT2D eigenvalue weighted by molar-refractivity contribution is -0.164. The Kier molecular flexibility index (Phi) is 4.62. The molecule has 0 spiro atoms. The number of hydrogen-bond acceptors (Lipinski definition) is 2. The van der Waals surface area contributed by atoms with Crippen molar-refractivity contribution >= 4 is 0 Å².